The van der Waals surface area contributed by atoms with Crippen molar-refractivity contribution in [3.63, 3.8) is 0 Å². The summed E-state index contributed by atoms with van der Waals surface area (Å²) in [6.07, 6.45) is 2.88. The highest BCUT2D eigenvalue weighted by Crippen LogP contribution is 2.31. The lowest BCUT2D eigenvalue weighted by Crippen LogP contribution is -2.04. The summed E-state index contributed by atoms with van der Waals surface area (Å²) >= 11 is 0. The highest BCUT2D eigenvalue weighted by molar-refractivity contribution is 5.87. The van der Waals surface area contributed by atoms with E-state index in [-0.39, 0.29) is 5.92 Å². The molecule has 1 heteroatoms. The van der Waals surface area contributed by atoms with Gasteiger partial charge >= 0.3 is 0 Å². The Morgan fingerprint density at radius 1 is 1.14 bits per heavy atom. The predicted octanol–water partition coefficient (Wildman–Crippen LogP) is 3.14. The summed E-state index contributed by atoms with van der Waals surface area (Å²) in [5.41, 5.74) is 3.75. The van der Waals surface area contributed by atoms with E-state index in [0.29, 0.717) is 5.78 Å². The molecule has 1 unspecified atom stereocenters. The molecule has 1 aromatic rings. The molecule has 2 rings (SSSR count). The lowest BCUT2D eigenvalue weighted by atomic mass is 9.94. The third-order valence-corrected chi connectivity index (χ3v) is 2.95. The first kappa shape index (κ1) is 9.45. The normalized spacial score (nSPS) is 21.6. The monoisotopic (exact) mass is 188 g/mol. The standard InChI is InChI=1S/C13H16O/c1-9-6-10(2)8-11(7-9)12-4-3-5-13(12)14/h6-8,12H,3-5H2,1-2H3. The second-order valence-corrected chi connectivity index (χ2v) is 4.33. The smallest absolute Gasteiger partial charge is 0.140 e. The van der Waals surface area contributed by atoms with Crippen LogP contribution in [0.15, 0.2) is 18.2 Å². The lowest BCUT2D eigenvalue weighted by molar-refractivity contribution is -0.118. The molecule has 1 atom stereocenters. The summed E-state index contributed by atoms with van der Waals surface area (Å²) in [5.74, 6) is 0.614. The molecule has 14 heavy (non-hydrogen) atoms. The van der Waals surface area contributed by atoms with Gasteiger partial charge in [0.2, 0.25) is 0 Å². The Labute approximate surface area is 85.1 Å². The van der Waals surface area contributed by atoms with Crippen LogP contribution in [0.4, 0.5) is 0 Å². The van der Waals surface area contributed by atoms with Crippen LogP contribution in [0.1, 0.15) is 41.9 Å². The minimum atomic E-state index is 0.189. The van der Waals surface area contributed by atoms with Crippen LogP contribution in [-0.2, 0) is 4.79 Å². The number of ketones is 1. The zero-order valence-electron chi connectivity index (χ0n) is 8.84. The Morgan fingerprint density at radius 2 is 1.79 bits per heavy atom. The SMILES string of the molecule is Cc1cc(C)cc(C2CCCC2=O)c1. The number of Topliss-reactive ketones (excluding diaryl/α,β-unsaturated/α-hetero) is 1. The Kier molecular flexibility index (Phi) is 2.40. The van der Waals surface area contributed by atoms with Gasteiger partial charge in [-0.2, -0.15) is 0 Å². The second-order valence-electron chi connectivity index (χ2n) is 4.33. The van der Waals surface area contributed by atoms with E-state index >= 15 is 0 Å². The molecule has 0 aromatic heterocycles. The summed E-state index contributed by atoms with van der Waals surface area (Å²) in [6.45, 7) is 4.19. The van der Waals surface area contributed by atoms with E-state index in [0.717, 1.165) is 19.3 Å². The van der Waals surface area contributed by atoms with Gasteiger partial charge < -0.3 is 0 Å². The number of benzene rings is 1. The number of carbonyl (C=O) groups excluding carboxylic acids is 1. The van der Waals surface area contributed by atoms with E-state index < -0.39 is 0 Å². The average Bonchev–Trinajstić information content (AvgIpc) is 2.49. The first-order valence-corrected chi connectivity index (χ1v) is 5.28. The topological polar surface area (TPSA) is 17.1 Å². The highest BCUT2D eigenvalue weighted by Gasteiger charge is 2.25. The molecule has 1 aliphatic rings. The van der Waals surface area contributed by atoms with Gasteiger partial charge in [0.25, 0.3) is 0 Å². The molecule has 1 fully saturated rings. The summed E-state index contributed by atoms with van der Waals surface area (Å²) in [6, 6.07) is 6.46. The number of carbonyl (C=O) groups is 1. The van der Waals surface area contributed by atoms with Gasteiger partial charge in [-0.15, -0.1) is 0 Å². The molecule has 0 bridgehead atoms. The minimum Gasteiger partial charge on any atom is -0.299 e. The molecule has 0 aliphatic heterocycles. The maximum atomic E-state index is 11.6. The van der Waals surface area contributed by atoms with E-state index in [2.05, 4.69) is 32.0 Å². The Balaban J connectivity index is 2.35. The van der Waals surface area contributed by atoms with Crippen molar-refractivity contribution in [2.75, 3.05) is 0 Å². The Bertz CT molecular complexity index is 345. The van der Waals surface area contributed by atoms with Crippen molar-refractivity contribution in [1.82, 2.24) is 0 Å². The van der Waals surface area contributed by atoms with Crippen LogP contribution in [0.5, 0.6) is 0 Å². The maximum absolute atomic E-state index is 11.6. The zero-order valence-corrected chi connectivity index (χ0v) is 8.84. The molecule has 1 aromatic carbocycles. The Morgan fingerprint density at radius 3 is 2.29 bits per heavy atom. The molecule has 74 valence electrons. The lowest BCUT2D eigenvalue weighted by Gasteiger charge is -2.10. The predicted molar refractivity (Wildman–Crippen MR) is 57.5 cm³/mol. The van der Waals surface area contributed by atoms with Crippen molar-refractivity contribution in [2.45, 2.75) is 39.0 Å². The van der Waals surface area contributed by atoms with Gasteiger partial charge in [0.05, 0.1) is 0 Å². The van der Waals surface area contributed by atoms with Crippen LogP contribution >= 0.6 is 0 Å². The maximum Gasteiger partial charge on any atom is 0.140 e. The van der Waals surface area contributed by atoms with Crippen molar-refractivity contribution in [3.8, 4) is 0 Å². The van der Waals surface area contributed by atoms with Crippen molar-refractivity contribution >= 4 is 5.78 Å². The van der Waals surface area contributed by atoms with Gasteiger partial charge in [-0.3, -0.25) is 4.79 Å². The van der Waals surface area contributed by atoms with Gasteiger partial charge in [-0.1, -0.05) is 29.3 Å². The molecular formula is C13H16O. The van der Waals surface area contributed by atoms with Gasteiger partial charge in [-0.25, -0.2) is 0 Å². The average molecular weight is 188 g/mol. The second kappa shape index (κ2) is 3.56. The molecule has 1 nitrogen and oxygen atoms in total. The minimum absolute atomic E-state index is 0.189. The molecule has 0 N–H and O–H groups in total. The van der Waals surface area contributed by atoms with Crippen molar-refractivity contribution in [1.29, 1.82) is 0 Å². The van der Waals surface area contributed by atoms with Crippen LogP contribution in [0.3, 0.4) is 0 Å². The van der Waals surface area contributed by atoms with Crippen LogP contribution in [0.2, 0.25) is 0 Å². The summed E-state index contributed by atoms with van der Waals surface area (Å²) < 4.78 is 0. The molecule has 0 amide bonds. The fourth-order valence-electron chi connectivity index (χ4n) is 2.38. The van der Waals surface area contributed by atoms with Crippen LogP contribution in [0.25, 0.3) is 0 Å². The molecule has 0 heterocycles. The van der Waals surface area contributed by atoms with Crippen molar-refractivity contribution in [2.24, 2.45) is 0 Å². The number of hydrogen-bond donors (Lipinski definition) is 0. The molecular weight excluding hydrogens is 172 g/mol. The number of rotatable bonds is 1. The number of hydrogen-bond acceptors (Lipinski definition) is 1. The first-order valence-electron chi connectivity index (χ1n) is 5.28. The molecule has 0 radical (unpaired) electrons. The van der Waals surface area contributed by atoms with E-state index in [1.807, 2.05) is 0 Å². The van der Waals surface area contributed by atoms with Crippen LogP contribution in [0, 0.1) is 13.8 Å². The van der Waals surface area contributed by atoms with Crippen LogP contribution < -0.4 is 0 Å². The number of aryl methyl sites for hydroxylation is 2. The van der Waals surface area contributed by atoms with Crippen molar-refractivity contribution < 1.29 is 4.79 Å². The third-order valence-electron chi connectivity index (χ3n) is 2.95. The Hall–Kier alpha value is -1.11. The quantitative estimate of drug-likeness (QED) is 0.661. The summed E-state index contributed by atoms with van der Waals surface area (Å²) in [5, 5.41) is 0. The zero-order chi connectivity index (χ0) is 10.1. The van der Waals surface area contributed by atoms with E-state index in [1.54, 1.807) is 0 Å². The van der Waals surface area contributed by atoms with Gasteiger partial charge in [0.1, 0.15) is 5.78 Å². The first-order chi connectivity index (χ1) is 6.66. The fourth-order valence-corrected chi connectivity index (χ4v) is 2.38. The highest BCUT2D eigenvalue weighted by atomic mass is 16.1. The third kappa shape index (κ3) is 1.72. The molecule has 0 spiro atoms. The van der Waals surface area contributed by atoms with E-state index in [4.69, 9.17) is 0 Å². The van der Waals surface area contributed by atoms with Gasteiger partial charge in [0.15, 0.2) is 0 Å². The summed E-state index contributed by atoms with van der Waals surface area (Å²) in [4.78, 5) is 11.6. The van der Waals surface area contributed by atoms with Gasteiger partial charge in [0, 0.05) is 12.3 Å². The molecule has 1 saturated carbocycles. The molecule has 1 aliphatic carbocycles. The largest absolute Gasteiger partial charge is 0.299 e. The van der Waals surface area contributed by atoms with Gasteiger partial charge in [-0.05, 0) is 32.3 Å². The van der Waals surface area contributed by atoms with Crippen LogP contribution in [-0.4, -0.2) is 5.78 Å². The van der Waals surface area contributed by atoms with E-state index in [1.165, 1.54) is 16.7 Å². The van der Waals surface area contributed by atoms with E-state index in [9.17, 15) is 4.79 Å². The fraction of sp³-hybridized carbons (Fsp3) is 0.462. The van der Waals surface area contributed by atoms with Crippen molar-refractivity contribution in [3.05, 3.63) is 34.9 Å². The summed E-state index contributed by atoms with van der Waals surface area (Å²) in [7, 11) is 0. The molecule has 0 saturated heterocycles.